The number of halogens is 1. The van der Waals surface area contributed by atoms with Gasteiger partial charge in [0, 0.05) is 26.2 Å². The quantitative estimate of drug-likeness (QED) is 0.114. The van der Waals surface area contributed by atoms with Crippen LogP contribution in [0, 0.1) is 20.4 Å². The van der Waals surface area contributed by atoms with Crippen molar-refractivity contribution in [1.82, 2.24) is 10.2 Å². The molecule has 0 aliphatic heterocycles. The molecule has 0 amide bonds. The largest absolute Gasteiger partial charge is 3.00 e. The van der Waals surface area contributed by atoms with Gasteiger partial charge in [-0.15, -0.1) is 21.3 Å². The van der Waals surface area contributed by atoms with Gasteiger partial charge in [0.25, 0.3) is 0 Å². The summed E-state index contributed by atoms with van der Waals surface area (Å²) < 4.78 is 34.0. The van der Waals surface area contributed by atoms with Crippen LogP contribution < -0.4 is 34.8 Å². The van der Waals surface area contributed by atoms with Crippen molar-refractivity contribution in [2.75, 3.05) is 39.3 Å². The molecule has 0 aromatic heterocycles. The summed E-state index contributed by atoms with van der Waals surface area (Å²) in [4.78, 5) is 20.4. The van der Waals surface area contributed by atoms with E-state index in [1.807, 2.05) is 0 Å². The molecule has 0 aromatic carbocycles. The van der Waals surface area contributed by atoms with Crippen molar-refractivity contribution in [2.45, 2.75) is 27.7 Å². The van der Waals surface area contributed by atoms with Crippen LogP contribution in [0.5, 0.6) is 0 Å². The average Bonchev–Trinajstić information content (AvgIpc) is 2.46. The number of likely N-dealkylation sites (N-methyl/N-ethyl adjacent to an activating group) is 1. The number of nitrogens with two attached hydrogens (primary N) is 1. The van der Waals surface area contributed by atoms with Gasteiger partial charge >= 0.3 is 16.8 Å². The van der Waals surface area contributed by atoms with Gasteiger partial charge in [0.1, 0.15) is 0 Å². The van der Waals surface area contributed by atoms with Gasteiger partial charge in [-0.3, -0.25) is 4.79 Å². The first kappa shape index (κ1) is 37.0. The molecule has 3 N–H and O–H groups in total. The molecule has 12 nitrogen and oxygen atoms in total. The van der Waals surface area contributed by atoms with E-state index < -0.39 is 10.2 Å². The Morgan fingerprint density at radius 1 is 1.15 bits per heavy atom. The molecule has 164 valence electrons. The summed E-state index contributed by atoms with van der Waals surface area (Å²) in [5.74, 6) is -0.375. The van der Waals surface area contributed by atoms with Crippen LogP contribution in [0.3, 0.4) is 0 Å². The van der Waals surface area contributed by atoms with Gasteiger partial charge in [-0.05, 0) is 26.1 Å². The molecule has 0 bridgehead atoms. The van der Waals surface area contributed by atoms with Gasteiger partial charge < -0.3 is 31.2 Å². The number of hydrogen-bond donors (Lipinski definition) is 2. The second-order valence-corrected chi connectivity index (χ2v) is 5.14. The summed E-state index contributed by atoms with van der Waals surface area (Å²) in [7, 11) is -4.94. The Labute approximate surface area is 171 Å². The Balaban J connectivity index is -0.0000000873. The van der Waals surface area contributed by atoms with Crippen molar-refractivity contribution in [3.63, 3.8) is 0 Å². The van der Waals surface area contributed by atoms with E-state index in [2.05, 4.69) is 24.1 Å². The average molecular weight is 463 g/mol. The number of nitrogens with zero attached hydrogens (tertiary/aromatic N) is 2. The van der Waals surface area contributed by atoms with Crippen LogP contribution in [0.25, 0.3) is 0 Å². The Morgan fingerprint density at radius 2 is 1.52 bits per heavy atom. The zero-order chi connectivity index (χ0) is 21.6. The van der Waals surface area contributed by atoms with Crippen molar-refractivity contribution in [2.24, 2.45) is 11.1 Å². The first-order chi connectivity index (χ1) is 11.9. The monoisotopic (exact) mass is 462 g/mol. The third kappa shape index (κ3) is 78.0. The van der Waals surface area contributed by atoms with Gasteiger partial charge in [-0.2, -0.15) is 0 Å². The maximum absolute atomic E-state index is 9.98. The van der Waals surface area contributed by atoms with Crippen molar-refractivity contribution in [3.05, 3.63) is 21.9 Å². The normalized spacial score (nSPS) is 10.1. The minimum atomic E-state index is -4.94. The molecular weight excluding hydrogens is 435 g/mol. The summed E-state index contributed by atoms with van der Waals surface area (Å²) in [6.07, 6.45) is 1.06. The molecule has 0 rings (SSSR count). The van der Waals surface area contributed by atoms with Gasteiger partial charge in [-0.1, -0.05) is 20.8 Å². The van der Waals surface area contributed by atoms with E-state index >= 15 is 0 Å². The fourth-order valence-electron chi connectivity index (χ4n) is 1.29. The SMILES string of the molecule is CC(=O)/C=C(/C)[O-].CCN(CC)CCNCCN.O=N[O-].[Co+3].[O-][Cl+3]([O-])([O-])[O-]. The molecule has 0 aromatic rings. The van der Waals surface area contributed by atoms with Crippen LogP contribution in [-0.2, 0) is 21.6 Å². The molecule has 0 heterocycles. The smallest absolute Gasteiger partial charge is 0.876 e. The van der Waals surface area contributed by atoms with E-state index in [0.29, 0.717) is 0 Å². The molecule has 0 aliphatic rings. The Hall–Kier alpha value is -0.874. The van der Waals surface area contributed by atoms with Crippen LogP contribution in [-0.4, -0.2) is 50.0 Å². The molecule has 0 saturated heterocycles. The second kappa shape index (κ2) is 27.3. The molecule has 27 heavy (non-hydrogen) atoms. The van der Waals surface area contributed by atoms with Gasteiger partial charge in [0.05, 0.1) is 0 Å². The maximum Gasteiger partial charge on any atom is 3.00 e. The third-order valence-electron chi connectivity index (χ3n) is 2.23. The number of hydrogen-bond acceptors (Lipinski definition) is 12. The van der Waals surface area contributed by atoms with E-state index in [0.717, 1.165) is 50.7 Å². The van der Waals surface area contributed by atoms with Gasteiger partial charge in [-0.25, -0.2) is 18.6 Å². The number of rotatable bonds is 8. The number of allylic oxidation sites excluding steroid dienone is 2. The molecule has 0 unspecified atom stereocenters. The van der Waals surface area contributed by atoms with Crippen LogP contribution in [0.15, 0.2) is 17.2 Å². The van der Waals surface area contributed by atoms with E-state index in [1.54, 1.807) is 0 Å². The Kier molecular flexibility index (Phi) is 37.4. The molecule has 0 spiro atoms. The standard InChI is InChI=1S/C8H21N3.C5H8O2.ClHO4.Co.HNO2/c1-3-11(4-2)8-7-10-6-5-9;1-4(6)3-5(2)7;2-1(3,4)5;;2-1-3/h10H,3-9H2,1-2H3;3,6H,1-2H3;(H,2,3,4,5);;(H,2,3)/q;;;+3;/p-3/b;4-3-;;;. The fraction of sp³-hybridized carbons (Fsp3) is 0.769. The Morgan fingerprint density at radius 3 is 1.70 bits per heavy atom. The minimum absolute atomic E-state index is 0. The molecular formula is C13H28ClCoN4O8. The fourth-order valence-corrected chi connectivity index (χ4v) is 1.29. The van der Waals surface area contributed by atoms with Crippen LogP contribution in [0.2, 0.25) is 0 Å². The molecule has 0 atom stereocenters. The zero-order valence-electron chi connectivity index (χ0n) is 15.8. The summed E-state index contributed by atoms with van der Waals surface area (Å²) in [5, 5.41) is 22.2. The Bertz CT molecular complexity index is 346. The van der Waals surface area contributed by atoms with Crippen LogP contribution in [0.4, 0.5) is 0 Å². The van der Waals surface area contributed by atoms with E-state index in [-0.39, 0.29) is 28.3 Å². The van der Waals surface area contributed by atoms with Crippen molar-refractivity contribution in [3.8, 4) is 0 Å². The first-order valence-electron chi connectivity index (χ1n) is 7.45. The number of carbonyl (C=O) groups is 1. The van der Waals surface area contributed by atoms with E-state index in [9.17, 15) is 9.90 Å². The van der Waals surface area contributed by atoms with Crippen molar-refractivity contribution >= 4 is 5.78 Å². The topological polar surface area (TPSA) is 226 Å². The van der Waals surface area contributed by atoms with E-state index in [1.165, 1.54) is 13.8 Å². The minimum Gasteiger partial charge on any atom is -0.876 e. The first-order valence-corrected chi connectivity index (χ1v) is 8.68. The summed E-state index contributed by atoms with van der Waals surface area (Å²) >= 11 is 0. The van der Waals surface area contributed by atoms with E-state index in [4.69, 9.17) is 34.5 Å². The molecule has 0 aliphatic carbocycles. The third-order valence-corrected chi connectivity index (χ3v) is 2.23. The number of nitrogens with one attached hydrogen (secondary N) is 1. The number of ketones is 1. The molecule has 0 saturated carbocycles. The molecule has 14 heteroatoms. The van der Waals surface area contributed by atoms with Crippen molar-refractivity contribution < 1.29 is 55.6 Å². The summed E-state index contributed by atoms with van der Waals surface area (Å²) in [5.41, 5.74) is 5.33. The maximum atomic E-state index is 9.98. The van der Waals surface area contributed by atoms with Gasteiger partial charge in [0.2, 0.25) is 0 Å². The van der Waals surface area contributed by atoms with Gasteiger partial charge in [0.15, 0.2) is 5.78 Å². The molecule has 0 radical (unpaired) electrons. The van der Waals surface area contributed by atoms with Crippen molar-refractivity contribution in [1.29, 1.82) is 0 Å². The summed E-state index contributed by atoms with van der Waals surface area (Å²) in [6, 6.07) is 0. The predicted octanol–water partition coefficient (Wildman–Crippen LogP) is -4.79. The molecule has 0 fully saturated rings. The zero-order valence-corrected chi connectivity index (χ0v) is 17.6. The predicted molar refractivity (Wildman–Crippen MR) is 83.3 cm³/mol. The van der Waals surface area contributed by atoms with Crippen LogP contribution in [0.1, 0.15) is 27.7 Å². The van der Waals surface area contributed by atoms with Crippen LogP contribution >= 0.6 is 0 Å². The second-order valence-electron chi connectivity index (χ2n) is 4.38. The number of carbonyl (C=O) groups excluding carboxylic acids is 1. The summed E-state index contributed by atoms with van der Waals surface area (Å²) in [6.45, 7) is 13.2.